The van der Waals surface area contributed by atoms with Gasteiger partial charge in [0.2, 0.25) is 5.95 Å². The highest BCUT2D eigenvalue weighted by atomic mass is 15.2. The van der Waals surface area contributed by atoms with Gasteiger partial charge in [-0.25, -0.2) is 9.97 Å². The predicted octanol–water partition coefficient (Wildman–Crippen LogP) is 12.3. The van der Waals surface area contributed by atoms with E-state index in [-0.39, 0.29) is 0 Å². The Kier molecular flexibility index (Phi) is 6.22. The Hall–Kier alpha value is -7.04. The van der Waals surface area contributed by atoms with Crippen LogP contribution in [0.5, 0.6) is 0 Å². The van der Waals surface area contributed by atoms with E-state index in [9.17, 15) is 0 Å². The molecule has 0 amide bonds. The first kappa shape index (κ1) is 28.8. The minimum Gasteiger partial charge on any atom is -0.309 e. The van der Waals surface area contributed by atoms with Crippen LogP contribution in [0.2, 0.25) is 0 Å². The van der Waals surface area contributed by atoms with Gasteiger partial charge in [0.15, 0.2) is 0 Å². The van der Waals surface area contributed by atoms with Gasteiger partial charge < -0.3 is 4.57 Å². The Morgan fingerprint density at radius 1 is 0.346 bits per heavy atom. The normalized spacial score (nSPS) is 11.8. The number of benzene rings is 8. The van der Waals surface area contributed by atoms with Crippen molar-refractivity contribution in [3.8, 4) is 34.0 Å². The van der Waals surface area contributed by atoms with Crippen LogP contribution in [0.25, 0.3) is 99.3 Å². The van der Waals surface area contributed by atoms with E-state index >= 15 is 0 Å². The van der Waals surface area contributed by atoms with Crippen molar-refractivity contribution in [1.82, 2.24) is 19.1 Å². The molecule has 0 spiro atoms. The van der Waals surface area contributed by atoms with Crippen LogP contribution >= 0.6 is 0 Å². The summed E-state index contributed by atoms with van der Waals surface area (Å²) in [5, 5.41) is 8.31. The summed E-state index contributed by atoms with van der Waals surface area (Å²) in [5.41, 5.74) is 10.8. The van der Waals surface area contributed by atoms with Crippen molar-refractivity contribution in [1.29, 1.82) is 0 Å². The molecular weight excluding hydrogens is 633 g/mol. The van der Waals surface area contributed by atoms with Crippen LogP contribution in [0.15, 0.2) is 182 Å². The van der Waals surface area contributed by atoms with Gasteiger partial charge in [0, 0.05) is 38.2 Å². The molecule has 0 aliphatic heterocycles. The number of aromatic nitrogens is 4. The highest BCUT2D eigenvalue weighted by Crippen LogP contribution is 2.43. The molecule has 0 saturated carbocycles. The van der Waals surface area contributed by atoms with Crippen molar-refractivity contribution in [2.45, 2.75) is 0 Å². The number of nitrogens with zero attached hydrogens (tertiary/aromatic N) is 4. The van der Waals surface area contributed by atoms with Gasteiger partial charge in [-0.3, -0.25) is 4.57 Å². The van der Waals surface area contributed by atoms with Gasteiger partial charge in [-0.1, -0.05) is 133 Å². The number of rotatable bonds is 4. The van der Waals surface area contributed by atoms with Gasteiger partial charge in [0.25, 0.3) is 0 Å². The second-order valence-corrected chi connectivity index (χ2v) is 13.4. The molecule has 242 valence electrons. The van der Waals surface area contributed by atoms with Gasteiger partial charge in [-0.2, -0.15) is 0 Å². The van der Waals surface area contributed by atoms with E-state index in [0.717, 1.165) is 44.4 Å². The van der Waals surface area contributed by atoms with E-state index < -0.39 is 0 Å². The average molecular weight is 663 g/mol. The molecule has 0 aliphatic rings. The highest BCUT2D eigenvalue weighted by Gasteiger charge is 2.22. The van der Waals surface area contributed by atoms with Crippen LogP contribution in [-0.4, -0.2) is 19.1 Å². The summed E-state index contributed by atoms with van der Waals surface area (Å²) < 4.78 is 4.66. The first-order valence-corrected chi connectivity index (χ1v) is 17.7. The third-order valence-electron chi connectivity index (χ3n) is 10.5. The van der Waals surface area contributed by atoms with Crippen LogP contribution in [0, 0.1) is 0 Å². The predicted molar refractivity (Wildman–Crippen MR) is 217 cm³/mol. The fourth-order valence-electron chi connectivity index (χ4n) is 8.17. The quantitative estimate of drug-likeness (QED) is 0.188. The lowest BCUT2D eigenvalue weighted by Crippen LogP contribution is -2.03. The standard InChI is InChI=1S/C48H30N4/c1-3-13-31(14-4-1)35-24-26-40-39(30-35)47(33-16-5-2-6-17-33)50-48(49-40)52-42-22-12-10-20-38(42)46-44(52)28-27-43-45(46)37-19-9-11-21-41(37)51(43)36-25-23-32-15-7-8-18-34(32)29-36/h1-30H. The molecule has 3 aromatic heterocycles. The van der Waals surface area contributed by atoms with E-state index in [4.69, 9.17) is 9.97 Å². The average Bonchev–Trinajstić information content (AvgIpc) is 3.73. The Morgan fingerprint density at radius 3 is 1.67 bits per heavy atom. The second kappa shape index (κ2) is 11.2. The summed E-state index contributed by atoms with van der Waals surface area (Å²) in [4.78, 5) is 10.7. The number of hydrogen-bond donors (Lipinski definition) is 0. The summed E-state index contributed by atoms with van der Waals surface area (Å²) in [6.07, 6.45) is 0. The summed E-state index contributed by atoms with van der Waals surface area (Å²) in [6, 6.07) is 64.8. The lowest BCUT2D eigenvalue weighted by Gasteiger charge is -2.13. The summed E-state index contributed by atoms with van der Waals surface area (Å²) in [5.74, 6) is 0.655. The van der Waals surface area contributed by atoms with E-state index in [1.54, 1.807) is 0 Å². The first-order valence-electron chi connectivity index (χ1n) is 17.7. The zero-order valence-electron chi connectivity index (χ0n) is 28.1. The van der Waals surface area contributed by atoms with Crippen molar-refractivity contribution < 1.29 is 0 Å². The summed E-state index contributed by atoms with van der Waals surface area (Å²) in [6.45, 7) is 0. The van der Waals surface area contributed by atoms with Crippen LogP contribution < -0.4 is 0 Å². The Bertz CT molecular complexity index is 3170. The lowest BCUT2D eigenvalue weighted by molar-refractivity contribution is 1.01. The SMILES string of the molecule is c1ccc(-c2ccc3nc(-n4c5ccccc5c5c6c7ccccc7n(-c7ccc8ccccc8c7)c6ccc54)nc(-c4ccccc4)c3c2)cc1. The van der Waals surface area contributed by atoms with Crippen LogP contribution in [0.4, 0.5) is 0 Å². The van der Waals surface area contributed by atoms with Gasteiger partial charge >= 0.3 is 0 Å². The van der Waals surface area contributed by atoms with Crippen LogP contribution in [0.1, 0.15) is 0 Å². The lowest BCUT2D eigenvalue weighted by atomic mass is 10.0. The molecule has 52 heavy (non-hydrogen) atoms. The highest BCUT2D eigenvalue weighted by molar-refractivity contribution is 6.29. The topological polar surface area (TPSA) is 35.6 Å². The van der Waals surface area contributed by atoms with E-state index in [1.807, 2.05) is 0 Å². The van der Waals surface area contributed by atoms with Crippen molar-refractivity contribution in [2.75, 3.05) is 0 Å². The van der Waals surface area contributed by atoms with Crippen molar-refractivity contribution >= 4 is 65.3 Å². The molecule has 0 radical (unpaired) electrons. The van der Waals surface area contributed by atoms with Gasteiger partial charge in [-0.05, 0) is 70.4 Å². The molecule has 4 heteroatoms. The van der Waals surface area contributed by atoms with Crippen LogP contribution in [0.3, 0.4) is 0 Å². The maximum atomic E-state index is 5.42. The molecule has 11 aromatic rings. The maximum absolute atomic E-state index is 5.42. The Labute approximate surface area is 299 Å². The fraction of sp³-hybridized carbons (Fsp3) is 0. The van der Waals surface area contributed by atoms with E-state index in [2.05, 4.69) is 191 Å². The minimum absolute atomic E-state index is 0.655. The molecule has 3 heterocycles. The number of fused-ring (bicyclic) bond motifs is 9. The summed E-state index contributed by atoms with van der Waals surface area (Å²) >= 11 is 0. The Balaban J connectivity index is 1.22. The molecule has 11 rings (SSSR count). The fourth-order valence-corrected chi connectivity index (χ4v) is 8.17. The third-order valence-corrected chi connectivity index (χ3v) is 10.5. The monoisotopic (exact) mass is 662 g/mol. The molecule has 0 unspecified atom stereocenters. The van der Waals surface area contributed by atoms with E-state index in [0.29, 0.717) is 5.95 Å². The third kappa shape index (κ3) is 4.28. The maximum Gasteiger partial charge on any atom is 0.235 e. The van der Waals surface area contributed by atoms with Crippen molar-refractivity contribution in [3.05, 3.63) is 182 Å². The zero-order chi connectivity index (χ0) is 34.2. The number of para-hydroxylation sites is 2. The molecule has 4 nitrogen and oxygen atoms in total. The first-order chi connectivity index (χ1) is 25.8. The van der Waals surface area contributed by atoms with Crippen molar-refractivity contribution in [3.63, 3.8) is 0 Å². The molecular formula is C48H30N4. The largest absolute Gasteiger partial charge is 0.309 e. The van der Waals surface area contributed by atoms with E-state index in [1.165, 1.54) is 48.9 Å². The molecule has 0 fully saturated rings. The minimum atomic E-state index is 0.655. The zero-order valence-corrected chi connectivity index (χ0v) is 28.1. The summed E-state index contributed by atoms with van der Waals surface area (Å²) in [7, 11) is 0. The smallest absolute Gasteiger partial charge is 0.235 e. The molecule has 0 atom stereocenters. The molecule has 0 N–H and O–H groups in total. The number of hydrogen-bond acceptors (Lipinski definition) is 2. The second-order valence-electron chi connectivity index (χ2n) is 13.4. The van der Waals surface area contributed by atoms with Crippen molar-refractivity contribution in [2.24, 2.45) is 0 Å². The van der Waals surface area contributed by atoms with Gasteiger partial charge in [0.1, 0.15) is 0 Å². The van der Waals surface area contributed by atoms with Gasteiger partial charge in [-0.15, -0.1) is 0 Å². The van der Waals surface area contributed by atoms with Gasteiger partial charge in [0.05, 0.1) is 33.3 Å². The molecule has 0 aliphatic carbocycles. The van der Waals surface area contributed by atoms with Crippen LogP contribution in [-0.2, 0) is 0 Å². The Morgan fingerprint density at radius 2 is 0.942 bits per heavy atom. The molecule has 0 bridgehead atoms. The molecule has 0 saturated heterocycles. The molecule has 8 aromatic carbocycles.